The van der Waals surface area contributed by atoms with Crippen molar-refractivity contribution in [3.8, 4) is 11.8 Å². The van der Waals surface area contributed by atoms with E-state index in [1.165, 1.54) is 0 Å². The summed E-state index contributed by atoms with van der Waals surface area (Å²) in [4.78, 5) is 11.2. The van der Waals surface area contributed by atoms with Crippen LogP contribution in [0.15, 0.2) is 30.3 Å². The van der Waals surface area contributed by atoms with E-state index in [9.17, 15) is 4.79 Å². The standard InChI is InChI=1S/C13H14O2/c14-11-5-4-8-13(15)10-9-12-6-2-1-3-7-12/h1-3,6-7,14H,5,9-11H2. The number of aliphatic hydroxyl groups excluding tert-OH is 1. The highest BCUT2D eigenvalue weighted by atomic mass is 16.2. The summed E-state index contributed by atoms with van der Waals surface area (Å²) in [5, 5.41) is 8.47. The molecule has 0 aliphatic heterocycles. The van der Waals surface area contributed by atoms with Crippen molar-refractivity contribution < 1.29 is 9.90 Å². The van der Waals surface area contributed by atoms with E-state index < -0.39 is 0 Å². The van der Waals surface area contributed by atoms with Gasteiger partial charge in [0, 0.05) is 12.8 Å². The number of ketones is 1. The van der Waals surface area contributed by atoms with Gasteiger partial charge in [-0.3, -0.25) is 4.79 Å². The SMILES string of the molecule is O=C(C#CCCO)CCc1ccccc1. The molecule has 0 aliphatic rings. The number of hydrogen-bond acceptors (Lipinski definition) is 2. The second-order valence-corrected chi connectivity index (χ2v) is 3.18. The van der Waals surface area contributed by atoms with Gasteiger partial charge in [-0.25, -0.2) is 0 Å². The predicted octanol–water partition coefficient (Wildman–Crippen LogP) is 1.57. The lowest BCUT2D eigenvalue weighted by Gasteiger charge is -1.96. The minimum absolute atomic E-state index is 0.0129. The normalized spacial score (nSPS) is 9.13. The lowest BCUT2D eigenvalue weighted by atomic mass is 10.1. The van der Waals surface area contributed by atoms with Gasteiger partial charge in [-0.15, -0.1) is 0 Å². The van der Waals surface area contributed by atoms with Crippen LogP contribution in [0.4, 0.5) is 0 Å². The maximum absolute atomic E-state index is 11.2. The molecule has 1 rings (SSSR count). The predicted molar refractivity (Wildman–Crippen MR) is 59.2 cm³/mol. The summed E-state index contributed by atoms with van der Waals surface area (Å²) in [5.74, 6) is 5.06. The fraction of sp³-hybridized carbons (Fsp3) is 0.308. The highest BCUT2D eigenvalue weighted by molar-refractivity contribution is 5.95. The third-order valence-corrected chi connectivity index (χ3v) is 1.95. The molecule has 0 radical (unpaired) electrons. The van der Waals surface area contributed by atoms with E-state index in [2.05, 4.69) is 11.8 Å². The lowest BCUT2D eigenvalue weighted by molar-refractivity contribution is -0.113. The van der Waals surface area contributed by atoms with Crippen molar-refractivity contribution in [2.45, 2.75) is 19.3 Å². The van der Waals surface area contributed by atoms with Gasteiger partial charge in [-0.1, -0.05) is 36.3 Å². The van der Waals surface area contributed by atoms with Crippen LogP contribution in [0.1, 0.15) is 18.4 Å². The molecule has 2 nitrogen and oxygen atoms in total. The molecule has 0 atom stereocenters. The van der Waals surface area contributed by atoms with Gasteiger partial charge in [0.05, 0.1) is 6.61 Å². The van der Waals surface area contributed by atoms with Crippen molar-refractivity contribution in [3.63, 3.8) is 0 Å². The molecule has 0 aromatic heterocycles. The van der Waals surface area contributed by atoms with Crippen LogP contribution in [0.2, 0.25) is 0 Å². The average molecular weight is 202 g/mol. The Hall–Kier alpha value is -1.59. The highest BCUT2D eigenvalue weighted by Gasteiger charge is 1.97. The zero-order chi connectivity index (χ0) is 10.9. The summed E-state index contributed by atoms with van der Waals surface area (Å²) < 4.78 is 0. The van der Waals surface area contributed by atoms with Gasteiger partial charge in [0.2, 0.25) is 5.78 Å². The Morgan fingerprint density at radius 1 is 1.27 bits per heavy atom. The Balaban J connectivity index is 2.33. The van der Waals surface area contributed by atoms with Gasteiger partial charge in [0.25, 0.3) is 0 Å². The molecule has 0 saturated carbocycles. The zero-order valence-corrected chi connectivity index (χ0v) is 8.57. The van der Waals surface area contributed by atoms with Crippen LogP contribution in [-0.2, 0) is 11.2 Å². The molecule has 15 heavy (non-hydrogen) atoms. The molecule has 1 aromatic rings. The molecule has 0 saturated heterocycles. The first-order valence-electron chi connectivity index (χ1n) is 4.99. The minimum Gasteiger partial charge on any atom is -0.395 e. The molecule has 0 heterocycles. The first-order valence-corrected chi connectivity index (χ1v) is 4.99. The molecule has 2 heteroatoms. The molecule has 0 spiro atoms. The Bertz CT molecular complexity index is 357. The Morgan fingerprint density at radius 2 is 2.00 bits per heavy atom. The molecule has 0 amide bonds. The molecule has 78 valence electrons. The van der Waals surface area contributed by atoms with Gasteiger partial charge < -0.3 is 5.11 Å². The van der Waals surface area contributed by atoms with Crippen LogP contribution in [0.5, 0.6) is 0 Å². The second-order valence-electron chi connectivity index (χ2n) is 3.18. The van der Waals surface area contributed by atoms with Gasteiger partial charge >= 0.3 is 0 Å². The van der Waals surface area contributed by atoms with E-state index >= 15 is 0 Å². The van der Waals surface area contributed by atoms with Crippen LogP contribution < -0.4 is 0 Å². The fourth-order valence-corrected chi connectivity index (χ4v) is 1.18. The summed E-state index contributed by atoms with van der Waals surface area (Å²) >= 11 is 0. The van der Waals surface area contributed by atoms with Crippen LogP contribution in [0.3, 0.4) is 0 Å². The Kier molecular flexibility index (Phi) is 5.21. The molecule has 1 N–H and O–H groups in total. The van der Waals surface area contributed by atoms with E-state index in [1.807, 2.05) is 30.3 Å². The fourth-order valence-electron chi connectivity index (χ4n) is 1.18. The molecular formula is C13H14O2. The summed E-state index contributed by atoms with van der Waals surface area (Å²) in [6.07, 6.45) is 1.55. The number of benzene rings is 1. The number of rotatable bonds is 4. The highest BCUT2D eigenvalue weighted by Crippen LogP contribution is 2.02. The molecule has 0 unspecified atom stereocenters. The first kappa shape index (κ1) is 11.5. The van der Waals surface area contributed by atoms with E-state index in [0.717, 1.165) is 12.0 Å². The zero-order valence-electron chi connectivity index (χ0n) is 8.57. The number of aliphatic hydroxyl groups is 1. The number of hydrogen-bond donors (Lipinski definition) is 1. The van der Waals surface area contributed by atoms with E-state index in [0.29, 0.717) is 12.8 Å². The van der Waals surface area contributed by atoms with Crippen molar-refractivity contribution in [1.82, 2.24) is 0 Å². The lowest BCUT2D eigenvalue weighted by Crippen LogP contribution is -1.96. The van der Waals surface area contributed by atoms with Gasteiger partial charge in [0.1, 0.15) is 0 Å². The van der Waals surface area contributed by atoms with Crippen LogP contribution in [0.25, 0.3) is 0 Å². The second kappa shape index (κ2) is 6.80. The third-order valence-electron chi connectivity index (χ3n) is 1.95. The van der Waals surface area contributed by atoms with Crippen LogP contribution in [-0.4, -0.2) is 17.5 Å². The van der Waals surface area contributed by atoms with Crippen molar-refractivity contribution in [1.29, 1.82) is 0 Å². The minimum atomic E-state index is -0.0627. The average Bonchev–Trinajstić information content (AvgIpc) is 2.28. The Labute approximate surface area is 89.9 Å². The van der Waals surface area contributed by atoms with Gasteiger partial charge in [0.15, 0.2) is 0 Å². The molecule has 0 fully saturated rings. The topological polar surface area (TPSA) is 37.3 Å². The maximum atomic E-state index is 11.2. The smallest absolute Gasteiger partial charge is 0.205 e. The molecule has 1 aromatic carbocycles. The molecule has 0 bridgehead atoms. The Morgan fingerprint density at radius 3 is 2.67 bits per heavy atom. The van der Waals surface area contributed by atoms with Gasteiger partial charge in [-0.2, -0.15) is 0 Å². The van der Waals surface area contributed by atoms with Crippen molar-refractivity contribution in [2.24, 2.45) is 0 Å². The molecular weight excluding hydrogens is 188 g/mol. The summed E-state index contributed by atoms with van der Waals surface area (Å²) in [5.41, 5.74) is 1.15. The van der Waals surface area contributed by atoms with Crippen molar-refractivity contribution in [3.05, 3.63) is 35.9 Å². The maximum Gasteiger partial charge on any atom is 0.205 e. The van der Waals surface area contributed by atoms with Gasteiger partial charge in [-0.05, 0) is 17.9 Å². The van der Waals surface area contributed by atoms with Crippen molar-refractivity contribution in [2.75, 3.05) is 6.61 Å². The largest absolute Gasteiger partial charge is 0.395 e. The first-order chi connectivity index (χ1) is 7.33. The van der Waals surface area contributed by atoms with E-state index in [1.54, 1.807) is 0 Å². The number of carbonyl (C=O) groups excluding carboxylic acids is 1. The van der Waals surface area contributed by atoms with E-state index in [-0.39, 0.29) is 12.4 Å². The van der Waals surface area contributed by atoms with E-state index in [4.69, 9.17) is 5.11 Å². The summed E-state index contributed by atoms with van der Waals surface area (Å²) in [6, 6.07) is 9.85. The quantitative estimate of drug-likeness (QED) is 0.594. The monoisotopic (exact) mass is 202 g/mol. The third kappa shape index (κ3) is 4.99. The number of carbonyl (C=O) groups is 1. The molecule has 0 aliphatic carbocycles. The van der Waals surface area contributed by atoms with Crippen LogP contribution >= 0.6 is 0 Å². The summed E-state index contributed by atoms with van der Waals surface area (Å²) in [7, 11) is 0. The summed E-state index contributed by atoms with van der Waals surface area (Å²) in [6.45, 7) is 0.0129. The van der Waals surface area contributed by atoms with Crippen LogP contribution in [0, 0.1) is 11.8 Å². The van der Waals surface area contributed by atoms with Crippen molar-refractivity contribution >= 4 is 5.78 Å². The number of aryl methyl sites for hydroxylation is 1. The number of Topliss-reactive ketones (excluding diaryl/α,β-unsaturated/α-hetero) is 1.